The molecule has 0 spiro atoms. The monoisotopic (exact) mass is 491 g/mol. The van der Waals surface area contributed by atoms with Crippen molar-refractivity contribution in [2.45, 2.75) is 13.5 Å². The Morgan fingerprint density at radius 2 is 1.97 bits per heavy atom. The maximum absolute atomic E-state index is 13.2. The summed E-state index contributed by atoms with van der Waals surface area (Å²) in [5.41, 5.74) is 6.28. The average Bonchev–Trinajstić information content (AvgIpc) is 3.48. The van der Waals surface area contributed by atoms with Crippen LogP contribution < -0.4 is 5.32 Å². The van der Waals surface area contributed by atoms with Gasteiger partial charge in [0.25, 0.3) is 5.91 Å². The molecule has 3 aromatic heterocycles. The lowest BCUT2D eigenvalue weighted by Gasteiger charge is -2.11. The summed E-state index contributed by atoms with van der Waals surface area (Å²) in [7, 11) is 0. The maximum atomic E-state index is 13.2. The summed E-state index contributed by atoms with van der Waals surface area (Å²) in [6, 6.07) is 19.8. The Hall–Kier alpha value is -3.16. The molecule has 5 aromatic rings. The largest absolute Gasteiger partial charge is 0.463 e. The van der Waals surface area contributed by atoms with Crippen molar-refractivity contribution in [3.63, 3.8) is 0 Å². The Morgan fingerprint density at radius 1 is 1.16 bits per heavy atom. The number of halogens is 1. The van der Waals surface area contributed by atoms with Gasteiger partial charge >= 0.3 is 0 Å². The summed E-state index contributed by atoms with van der Waals surface area (Å²) in [5, 5.41) is 5.45. The van der Waals surface area contributed by atoms with Gasteiger partial charge in [0.05, 0.1) is 17.5 Å². The van der Waals surface area contributed by atoms with E-state index in [0.29, 0.717) is 23.0 Å². The van der Waals surface area contributed by atoms with E-state index in [9.17, 15) is 4.79 Å². The minimum atomic E-state index is -0.211. The zero-order valence-corrected chi connectivity index (χ0v) is 19.0. The van der Waals surface area contributed by atoms with Crippen LogP contribution in [0.3, 0.4) is 0 Å². The highest BCUT2D eigenvalue weighted by molar-refractivity contribution is 9.10. The Labute approximate surface area is 191 Å². The van der Waals surface area contributed by atoms with Crippen molar-refractivity contribution in [2.75, 3.05) is 5.32 Å². The lowest BCUT2D eigenvalue weighted by molar-refractivity contribution is 0.101. The van der Waals surface area contributed by atoms with Crippen molar-refractivity contribution in [3.8, 4) is 11.3 Å². The molecule has 0 fully saturated rings. The summed E-state index contributed by atoms with van der Waals surface area (Å²) < 4.78 is 8.56. The van der Waals surface area contributed by atoms with E-state index >= 15 is 0 Å². The smallest absolute Gasteiger partial charge is 0.274 e. The number of hydrogen-bond acceptors (Lipinski definition) is 4. The topological polar surface area (TPSA) is 60.1 Å². The molecular formula is C24H18BrN3O2S. The van der Waals surface area contributed by atoms with E-state index in [1.165, 1.54) is 16.9 Å². The molecule has 5 nitrogen and oxygen atoms in total. The van der Waals surface area contributed by atoms with Crippen LogP contribution in [0.5, 0.6) is 0 Å². The number of fused-ring (bicyclic) bond motifs is 1. The third-order valence-electron chi connectivity index (χ3n) is 5.21. The first kappa shape index (κ1) is 19.8. The standard InChI is InChI=1S/C24H18BrN3O2S/c1-15-4-2-3-5-17(15)13-28-20-10-11-30-22(20)12-21(28)23(29)27-24-26-19(14-31-24)16-6-8-18(25)9-7-16/h2-12,14H,13H2,1H3,(H,26,27,29). The number of furan rings is 1. The van der Waals surface area contributed by atoms with Crippen LogP contribution in [0.2, 0.25) is 0 Å². The van der Waals surface area contributed by atoms with Crippen LogP contribution in [0, 0.1) is 6.92 Å². The number of carbonyl (C=O) groups is 1. The lowest BCUT2D eigenvalue weighted by atomic mass is 10.1. The van der Waals surface area contributed by atoms with Gasteiger partial charge < -0.3 is 8.98 Å². The molecule has 0 atom stereocenters. The van der Waals surface area contributed by atoms with Gasteiger partial charge in [0.15, 0.2) is 10.7 Å². The highest BCUT2D eigenvalue weighted by Crippen LogP contribution is 2.28. The van der Waals surface area contributed by atoms with Crippen molar-refractivity contribution < 1.29 is 9.21 Å². The minimum Gasteiger partial charge on any atom is -0.463 e. The van der Waals surface area contributed by atoms with Gasteiger partial charge in [-0.15, -0.1) is 11.3 Å². The SMILES string of the molecule is Cc1ccccc1Cn1c(C(=O)Nc2nc(-c3ccc(Br)cc3)cs2)cc2occc21. The molecule has 5 rings (SSSR count). The summed E-state index contributed by atoms with van der Waals surface area (Å²) >= 11 is 4.85. The predicted octanol–water partition coefficient (Wildman–Crippen LogP) is 6.73. The Morgan fingerprint density at radius 3 is 2.77 bits per heavy atom. The molecule has 2 aromatic carbocycles. The van der Waals surface area contributed by atoms with E-state index in [4.69, 9.17) is 4.42 Å². The molecule has 1 amide bonds. The van der Waals surface area contributed by atoms with Crippen LogP contribution in [0.1, 0.15) is 21.6 Å². The second kappa shape index (κ2) is 8.17. The summed E-state index contributed by atoms with van der Waals surface area (Å²) in [6.45, 7) is 2.66. The Bertz CT molecular complexity index is 1380. The fraction of sp³-hybridized carbons (Fsp3) is 0.0833. The molecule has 0 unspecified atom stereocenters. The van der Waals surface area contributed by atoms with Crippen LogP contribution in [-0.2, 0) is 6.54 Å². The second-order valence-electron chi connectivity index (χ2n) is 7.21. The van der Waals surface area contributed by atoms with E-state index in [1.807, 2.05) is 52.4 Å². The van der Waals surface area contributed by atoms with Crippen LogP contribution in [0.15, 0.2) is 81.2 Å². The third kappa shape index (κ3) is 3.94. The molecule has 0 aliphatic carbocycles. The fourth-order valence-electron chi connectivity index (χ4n) is 3.54. The highest BCUT2D eigenvalue weighted by Gasteiger charge is 2.19. The number of anilines is 1. The number of benzene rings is 2. The van der Waals surface area contributed by atoms with E-state index in [0.717, 1.165) is 26.8 Å². The van der Waals surface area contributed by atoms with Crippen LogP contribution >= 0.6 is 27.3 Å². The second-order valence-corrected chi connectivity index (χ2v) is 8.98. The minimum absolute atomic E-state index is 0.211. The molecule has 1 N–H and O–H groups in total. The normalized spacial score (nSPS) is 11.2. The van der Waals surface area contributed by atoms with Gasteiger partial charge in [-0.1, -0.05) is 52.3 Å². The first-order valence-corrected chi connectivity index (χ1v) is 11.4. The first-order valence-electron chi connectivity index (χ1n) is 9.72. The zero-order chi connectivity index (χ0) is 21.4. The number of aromatic nitrogens is 2. The van der Waals surface area contributed by atoms with Gasteiger partial charge in [0, 0.05) is 34.1 Å². The van der Waals surface area contributed by atoms with Crippen molar-refractivity contribution in [1.29, 1.82) is 0 Å². The zero-order valence-electron chi connectivity index (χ0n) is 16.6. The molecule has 0 radical (unpaired) electrons. The van der Waals surface area contributed by atoms with Gasteiger partial charge in [-0.05, 0) is 30.2 Å². The number of thiazole rings is 1. The molecule has 0 bridgehead atoms. The van der Waals surface area contributed by atoms with Gasteiger partial charge in [-0.25, -0.2) is 4.98 Å². The first-order chi connectivity index (χ1) is 15.1. The predicted molar refractivity (Wildman–Crippen MR) is 128 cm³/mol. The van der Waals surface area contributed by atoms with E-state index in [2.05, 4.69) is 45.3 Å². The fourth-order valence-corrected chi connectivity index (χ4v) is 4.52. The van der Waals surface area contributed by atoms with Crippen LogP contribution in [0.4, 0.5) is 5.13 Å². The quantitative estimate of drug-likeness (QED) is 0.296. The Balaban J connectivity index is 1.43. The number of nitrogens with zero attached hydrogens (tertiary/aromatic N) is 2. The van der Waals surface area contributed by atoms with E-state index in [1.54, 1.807) is 12.3 Å². The van der Waals surface area contributed by atoms with Crippen molar-refractivity contribution in [1.82, 2.24) is 9.55 Å². The van der Waals surface area contributed by atoms with Gasteiger partial charge in [0.2, 0.25) is 0 Å². The van der Waals surface area contributed by atoms with Gasteiger partial charge in [-0.2, -0.15) is 0 Å². The van der Waals surface area contributed by atoms with E-state index < -0.39 is 0 Å². The van der Waals surface area contributed by atoms with Crippen molar-refractivity contribution in [2.24, 2.45) is 0 Å². The molecule has 0 saturated heterocycles. The summed E-state index contributed by atoms with van der Waals surface area (Å²) in [4.78, 5) is 17.7. The molecule has 31 heavy (non-hydrogen) atoms. The number of aryl methyl sites for hydroxylation is 1. The van der Waals surface area contributed by atoms with Crippen LogP contribution in [0.25, 0.3) is 22.4 Å². The summed E-state index contributed by atoms with van der Waals surface area (Å²) in [6.07, 6.45) is 1.64. The molecule has 7 heteroatoms. The van der Waals surface area contributed by atoms with Crippen LogP contribution in [-0.4, -0.2) is 15.5 Å². The molecule has 154 valence electrons. The number of nitrogens with one attached hydrogen (secondary N) is 1. The van der Waals surface area contributed by atoms with Crippen molar-refractivity contribution >= 4 is 49.4 Å². The van der Waals surface area contributed by atoms with Gasteiger partial charge in [0.1, 0.15) is 5.69 Å². The highest BCUT2D eigenvalue weighted by atomic mass is 79.9. The maximum Gasteiger partial charge on any atom is 0.274 e. The molecule has 3 heterocycles. The molecular weight excluding hydrogens is 474 g/mol. The number of carbonyl (C=O) groups excluding carboxylic acids is 1. The molecule has 0 saturated carbocycles. The van der Waals surface area contributed by atoms with Gasteiger partial charge in [-0.3, -0.25) is 10.1 Å². The van der Waals surface area contributed by atoms with E-state index in [-0.39, 0.29) is 5.91 Å². The number of amides is 1. The molecule has 0 aliphatic rings. The average molecular weight is 492 g/mol. The number of rotatable bonds is 5. The third-order valence-corrected chi connectivity index (χ3v) is 6.50. The Kier molecular flexibility index (Phi) is 5.21. The summed E-state index contributed by atoms with van der Waals surface area (Å²) in [5.74, 6) is -0.211. The number of hydrogen-bond donors (Lipinski definition) is 1. The lowest BCUT2D eigenvalue weighted by Crippen LogP contribution is -2.17. The molecule has 0 aliphatic heterocycles. The van der Waals surface area contributed by atoms with Crippen molar-refractivity contribution in [3.05, 3.63) is 93.6 Å².